The molecule has 10 nitrogen and oxygen atoms in total. The first-order chi connectivity index (χ1) is 19.8. The van der Waals surface area contributed by atoms with Gasteiger partial charge in [-0.05, 0) is 56.7 Å². The minimum absolute atomic E-state index is 0.0399. The molecular formula is C30H40N2O8S. The Hall–Kier alpha value is -2.54. The summed E-state index contributed by atoms with van der Waals surface area (Å²) in [6.45, 7) is 2.38. The van der Waals surface area contributed by atoms with Gasteiger partial charge in [0.15, 0.2) is 6.29 Å². The minimum Gasteiger partial charge on any atom is -0.443 e. The van der Waals surface area contributed by atoms with Crippen LogP contribution in [0.1, 0.15) is 49.7 Å². The van der Waals surface area contributed by atoms with Crippen molar-refractivity contribution in [1.29, 1.82) is 0 Å². The van der Waals surface area contributed by atoms with Crippen LogP contribution in [0.5, 0.6) is 0 Å². The Kier molecular flexibility index (Phi) is 9.95. The Morgan fingerprint density at radius 3 is 2.51 bits per heavy atom. The fraction of sp³-hybridized carbons (Fsp3) is 0.567. The zero-order valence-electron chi connectivity index (χ0n) is 23.4. The molecule has 0 bridgehead atoms. The molecule has 2 aromatic carbocycles. The van der Waals surface area contributed by atoms with Gasteiger partial charge in [-0.2, -0.15) is 0 Å². The molecule has 11 heteroatoms. The SMILES string of the molecule is Cc1ccc(S(=O)(=O)N(C[C@@H](O)[C@H](Cc2ccccc2)NC(=O)O[C@@H]2CO[C@@H]3OCCC[C@@H]32)OC2CCCC2)cc1. The van der Waals surface area contributed by atoms with Gasteiger partial charge in [-0.1, -0.05) is 65.3 Å². The number of nitrogens with zero attached hydrogens (tertiary/aromatic N) is 1. The largest absolute Gasteiger partial charge is 0.443 e. The summed E-state index contributed by atoms with van der Waals surface area (Å²) in [7, 11) is -4.09. The Labute approximate surface area is 241 Å². The maximum absolute atomic E-state index is 13.7. The van der Waals surface area contributed by atoms with Gasteiger partial charge in [0.25, 0.3) is 10.0 Å². The van der Waals surface area contributed by atoms with Crippen LogP contribution in [0.15, 0.2) is 59.5 Å². The molecule has 2 aromatic rings. The predicted molar refractivity (Wildman–Crippen MR) is 150 cm³/mol. The van der Waals surface area contributed by atoms with E-state index in [9.17, 15) is 18.3 Å². The third-order valence-electron chi connectivity index (χ3n) is 8.03. The van der Waals surface area contributed by atoms with Gasteiger partial charge in [0.1, 0.15) is 6.10 Å². The molecule has 0 spiro atoms. The van der Waals surface area contributed by atoms with E-state index in [1.165, 1.54) is 12.1 Å². The van der Waals surface area contributed by atoms with E-state index in [0.29, 0.717) is 6.61 Å². The number of hydrogen-bond acceptors (Lipinski definition) is 8. The fourth-order valence-corrected chi connectivity index (χ4v) is 6.98. The first-order valence-electron chi connectivity index (χ1n) is 14.5. The van der Waals surface area contributed by atoms with E-state index in [1.807, 2.05) is 37.3 Å². The molecule has 0 aromatic heterocycles. The molecule has 0 unspecified atom stereocenters. The van der Waals surface area contributed by atoms with Crippen LogP contribution < -0.4 is 5.32 Å². The van der Waals surface area contributed by atoms with Crippen molar-refractivity contribution in [3.8, 4) is 0 Å². The van der Waals surface area contributed by atoms with Gasteiger partial charge in [-0.15, -0.1) is 0 Å². The number of alkyl carbamates (subject to hydrolysis) is 1. The molecule has 2 saturated heterocycles. The molecule has 1 amide bonds. The number of fused-ring (bicyclic) bond motifs is 1. The normalized spacial score (nSPS) is 24.6. The van der Waals surface area contributed by atoms with Crippen molar-refractivity contribution in [3.05, 3.63) is 65.7 Å². The van der Waals surface area contributed by atoms with Crippen LogP contribution in [0.2, 0.25) is 0 Å². The van der Waals surface area contributed by atoms with Gasteiger partial charge in [-0.25, -0.2) is 13.2 Å². The van der Waals surface area contributed by atoms with Crippen molar-refractivity contribution in [1.82, 2.24) is 9.79 Å². The van der Waals surface area contributed by atoms with E-state index in [-0.39, 0.29) is 42.8 Å². The summed E-state index contributed by atoms with van der Waals surface area (Å²) in [6.07, 6.45) is 2.25. The van der Waals surface area contributed by atoms with Gasteiger partial charge in [-0.3, -0.25) is 4.84 Å². The van der Waals surface area contributed by atoms with Crippen LogP contribution in [0, 0.1) is 12.8 Å². The second-order valence-electron chi connectivity index (χ2n) is 11.1. The Balaban J connectivity index is 1.33. The number of carbonyl (C=O) groups is 1. The third kappa shape index (κ3) is 7.65. The molecule has 1 aliphatic carbocycles. The van der Waals surface area contributed by atoms with Crippen LogP contribution >= 0.6 is 0 Å². The molecule has 3 aliphatic rings. The molecule has 1 saturated carbocycles. The lowest BCUT2D eigenvalue weighted by molar-refractivity contribution is -0.152. The Morgan fingerprint density at radius 2 is 1.78 bits per heavy atom. The molecular weight excluding hydrogens is 548 g/mol. The Bertz CT molecular complexity index is 1240. The van der Waals surface area contributed by atoms with Crippen molar-refractivity contribution in [3.63, 3.8) is 0 Å². The van der Waals surface area contributed by atoms with Crippen molar-refractivity contribution in [2.45, 2.75) is 87.4 Å². The van der Waals surface area contributed by atoms with E-state index >= 15 is 0 Å². The number of carbonyl (C=O) groups excluding carboxylic acids is 1. The summed E-state index contributed by atoms with van der Waals surface area (Å²) in [5.74, 6) is -0.0399. The number of hydroxylamine groups is 1. The van der Waals surface area contributed by atoms with E-state index in [1.54, 1.807) is 12.1 Å². The molecule has 3 fully saturated rings. The molecule has 224 valence electrons. The van der Waals surface area contributed by atoms with Gasteiger partial charge in [0, 0.05) is 12.5 Å². The zero-order valence-corrected chi connectivity index (χ0v) is 24.2. The van der Waals surface area contributed by atoms with Gasteiger partial charge in [0.05, 0.1) is 36.3 Å². The maximum atomic E-state index is 13.7. The molecule has 5 rings (SSSR count). The van der Waals surface area contributed by atoms with Crippen LogP contribution in [0.3, 0.4) is 0 Å². The minimum atomic E-state index is -4.09. The van der Waals surface area contributed by atoms with Gasteiger partial charge in [0.2, 0.25) is 0 Å². The Morgan fingerprint density at radius 1 is 1.05 bits per heavy atom. The highest BCUT2D eigenvalue weighted by atomic mass is 32.2. The smallest absolute Gasteiger partial charge is 0.407 e. The summed E-state index contributed by atoms with van der Waals surface area (Å²) < 4.78 is 45.3. The second-order valence-corrected chi connectivity index (χ2v) is 13.0. The first kappa shape index (κ1) is 29.9. The van der Waals surface area contributed by atoms with E-state index in [4.69, 9.17) is 19.0 Å². The molecule has 0 radical (unpaired) electrons. The number of aryl methyl sites for hydroxylation is 1. The quantitative estimate of drug-likeness (QED) is 0.381. The number of aliphatic hydroxyl groups is 1. The molecule has 2 N–H and O–H groups in total. The van der Waals surface area contributed by atoms with Crippen molar-refractivity contribution in [2.75, 3.05) is 19.8 Å². The molecule has 41 heavy (non-hydrogen) atoms. The summed E-state index contributed by atoms with van der Waals surface area (Å²) in [4.78, 5) is 19.2. The lowest BCUT2D eigenvalue weighted by atomic mass is 9.97. The first-order valence-corrected chi connectivity index (χ1v) is 15.9. The number of benzene rings is 2. The fourth-order valence-electron chi connectivity index (χ4n) is 5.69. The number of sulfonamides is 1. The summed E-state index contributed by atoms with van der Waals surface area (Å²) in [5, 5.41) is 14.3. The number of aliphatic hydroxyl groups excluding tert-OH is 1. The zero-order chi connectivity index (χ0) is 28.8. The lowest BCUT2D eigenvalue weighted by Crippen LogP contribution is -2.51. The monoisotopic (exact) mass is 588 g/mol. The standard InChI is InChI=1S/C30H40N2O8S/c1-21-13-15-24(16-14-21)41(35,36)32(40-23-10-5-6-11-23)19-27(33)26(18-22-8-3-2-4-9-22)31-30(34)39-28-20-38-29-25(28)12-7-17-37-29/h2-4,8-9,13-16,23,25-29,33H,5-7,10-12,17-20H2,1H3,(H,31,34)/t25-,26+,27-,28-,29+/m1/s1. The van der Waals surface area contributed by atoms with Crippen LogP contribution in [0.25, 0.3) is 0 Å². The number of hydrogen-bond donors (Lipinski definition) is 2. The van der Waals surface area contributed by atoms with Crippen molar-refractivity contribution >= 4 is 16.1 Å². The highest BCUT2D eigenvalue weighted by Crippen LogP contribution is 2.32. The molecule has 5 atom stereocenters. The topological polar surface area (TPSA) is 124 Å². The lowest BCUT2D eigenvalue weighted by Gasteiger charge is -2.31. The van der Waals surface area contributed by atoms with Gasteiger partial charge < -0.3 is 24.6 Å². The predicted octanol–water partition coefficient (Wildman–Crippen LogP) is 3.71. The van der Waals surface area contributed by atoms with E-state index < -0.39 is 34.4 Å². The maximum Gasteiger partial charge on any atom is 0.407 e. The van der Waals surface area contributed by atoms with Crippen LogP contribution in [-0.2, 0) is 35.5 Å². The van der Waals surface area contributed by atoms with Crippen LogP contribution in [0.4, 0.5) is 4.79 Å². The van der Waals surface area contributed by atoms with E-state index in [2.05, 4.69) is 5.32 Å². The number of nitrogens with one attached hydrogen (secondary N) is 1. The van der Waals surface area contributed by atoms with Gasteiger partial charge >= 0.3 is 6.09 Å². The summed E-state index contributed by atoms with van der Waals surface area (Å²) in [5.41, 5.74) is 1.79. The second kappa shape index (κ2) is 13.6. The number of ether oxygens (including phenoxy) is 3. The van der Waals surface area contributed by atoms with Crippen molar-refractivity contribution < 1.29 is 37.4 Å². The average Bonchev–Trinajstić information content (AvgIpc) is 3.63. The third-order valence-corrected chi connectivity index (χ3v) is 9.67. The van der Waals surface area contributed by atoms with Crippen molar-refractivity contribution in [2.24, 2.45) is 5.92 Å². The van der Waals surface area contributed by atoms with Crippen LogP contribution in [-0.4, -0.2) is 74.5 Å². The average molecular weight is 589 g/mol. The molecule has 2 heterocycles. The summed E-state index contributed by atoms with van der Waals surface area (Å²) >= 11 is 0. The van der Waals surface area contributed by atoms with E-state index in [0.717, 1.165) is 54.1 Å². The summed E-state index contributed by atoms with van der Waals surface area (Å²) in [6, 6.07) is 15.0. The molecule has 2 aliphatic heterocycles. The number of rotatable bonds is 11. The highest BCUT2D eigenvalue weighted by molar-refractivity contribution is 7.89. The number of amides is 1. The highest BCUT2D eigenvalue weighted by Gasteiger charge is 2.42.